The van der Waals surface area contributed by atoms with Gasteiger partial charge in [-0.3, -0.25) is 0 Å². The standard InChI is InChI=1S/C10H20O2/c1-8(2)9(3)7-10(12)5-4-6-11/h9-12H,1,4-7H2,2-3H3/t9-,10+/m0/s1. The predicted octanol–water partition coefficient (Wildman–Crippen LogP) is 1.72. The van der Waals surface area contributed by atoms with Crippen molar-refractivity contribution >= 4 is 0 Å². The molecule has 0 aliphatic heterocycles. The van der Waals surface area contributed by atoms with Crippen molar-refractivity contribution in [3.8, 4) is 0 Å². The molecule has 0 amide bonds. The molecule has 0 unspecified atom stereocenters. The van der Waals surface area contributed by atoms with E-state index in [1.54, 1.807) is 0 Å². The van der Waals surface area contributed by atoms with E-state index in [9.17, 15) is 5.11 Å². The van der Waals surface area contributed by atoms with Crippen LogP contribution in [0, 0.1) is 5.92 Å². The SMILES string of the molecule is C=C(C)[C@@H](C)C[C@H](O)CCCO. The van der Waals surface area contributed by atoms with Crippen LogP contribution < -0.4 is 0 Å². The van der Waals surface area contributed by atoms with Gasteiger partial charge in [-0.15, -0.1) is 0 Å². The Morgan fingerprint density at radius 1 is 1.50 bits per heavy atom. The summed E-state index contributed by atoms with van der Waals surface area (Å²) in [7, 11) is 0. The highest BCUT2D eigenvalue weighted by atomic mass is 16.3. The van der Waals surface area contributed by atoms with Crippen molar-refractivity contribution in [1.29, 1.82) is 0 Å². The second-order valence-electron chi connectivity index (χ2n) is 3.50. The maximum atomic E-state index is 9.45. The molecular weight excluding hydrogens is 152 g/mol. The molecule has 0 bridgehead atoms. The van der Waals surface area contributed by atoms with E-state index in [-0.39, 0.29) is 12.7 Å². The van der Waals surface area contributed by atoms with Crippen molar-refractivity contribution in [1.82, 2.24) is 0 Å². The van der Waals surface area contributed by atoms with Crippen molar-refractivity contribution in [2.75, 3.05) is 6.61 Å². The van der Waals surface area contributed by atoms with Gasteiger partial charge in [0.2, 0.25) is 0 Å². The van der Waals surface area contributed by atoms with E-state index in [0.29, 0.717) is 18.8 Å². The van der Waals surface area contributed by atoms with Gasteiger partial charge in [-0.25, -0.2) is 0 Å². The molecule has 2 nitrogen and oxygen atoms in total. The summed E-state index contributed by atoms with van der Waals surface area (Å²) in [5, 5.41) is 18.0. The average Bonchev–Trinajstić information content (AvgIpc) is 2.00. The fraction of sp³-hybridized carbons (Fsp3) is 0.800. The Labute approximate surface area is 74.9 Å². The van der Waals surface area contributed by atoms with Gasteiger partial charge in [0.15, 0.2) is 0 Å². The van der Waals surface area contributed by atoms with Crippen molar-refractivity contribution < 1.29 is 10.2 Å². The van der Waals surface area contributed by atoms with Gasteiger partial charge in [-0.05, 0) is 32.1 Å². The Kier molecular flexibility index (Phi) is 6.03. The van der Waals surface area contributed by atoms with E-state index in [4.69, 9.17) is 5.11 Å². The zero-order valence-corrected chi connectivity index (χ0v) is 8.08. The lowest BCUT2D eigenvalue weighted by Gasteiger charge is -2.15. The van der Waals surface area contributed by atoms with E-state index in [1.807, 2.05) is 6.92 Å². The molecule has 12 heavy (non-hydrogen) atoms. The van der Waals surface area contributed by atoms with Gasteiger partial charge in [-0.2, -0.15) is 0 Å². The lowest BCUT2D eigenvalue weighted by atomic mass is 9.95. The first-order valence-electron chi connectivity index (χ1n) is 4.52. The van der Waals surface area contributed by atoms with E-state index >= 15 is 0 Å². The molecule has 0 aromatic carbocycles. The maximum absolute atomic E-state index is 9.45. The summed E-state index contributed by atoms with van der Waals surface area (Å²) in [6.07, 6.45) is 1.84. The summed E-state index contributed by atoms with van der Waals surface area (Å²) in [5.74, 6) is 0.374. The van der Waals surface area contributed by atoms with Crippen LogP contribution in [0.5, 0.6) is 0 Å². The second-order valence-corrected chi connectivity index (χ2v) is 3.50. The smallest absolute Gasteiger partial charge is 0.0546 e. The Bertz CT molecular complexity index is 132. The van der Waals surface area contributed by atoms with Crippen LogP contribution in [0.1, 0.15) is 33.1 Å². The molecule has 0 saturated heterocycles. The van der Waals surface area contributed by atoms with Crippen LogP contribution in [0.4, 0.5) is 0 Å². The first-order chi connectivity index (χ1) is 5.57. The highest BCUT2D eigenvalue weighted by molar-refractivity contribution is 4.94. The van der Waals surface area contributed by atoms with Crippen molar-refractivity contribution in [2.45, 2.75) is 39.2 Å². The molecule has 2 atom stereocenters. The van der Waals surface area contributed by atoms with Gasteiger partial charge in [-0.1, -0.05) is 19.1 Å². The lowest BCUT2D eigenvalue weighted by Crippen LogP contribution is -2.12. The summed E-state index contributed by atoms with van der Waals surface area (Å²) in [4.78, 5) is 0. The molecule has 0 aromatic rings. The van der Waals surface area contributed by atoms with Gasteiger partial charge in [0.25, 0.3) is 0 Å². The van der Waals surface area contributed by atoms with Gasteiger partial charge in [0, 0.05) is 6.61 Å². The molecule has 0 heterocycles. The Balaban J connectivity index is 3.53. The zero-order valence-electron chi connectivity index (χ0n) is 8.08. The molecule has 0 rings (SSSR count). The minimum atomic E-state index is -0.288. The molecule has 0 spiro atoms. The molecule has 2 heteroatoms. The Hall–Kier alpha value is -0.340. The first-order valence-corrected chi connectivity index (χ1v) is 4.52. The van der Waals surface area contributed by atoms with Crippen LogP contribution in [0.25, 0.3) is 0 Å². The van der Waals surface area contributed by atoms with Crippen LogP contribution in [0.3, 0.4) is 0 Å². The molecular formula is C10H20O2. The molecule has 0 radical (unpaired) electrons. The third kappa shape index (κ3) is 5.33. The molecule has 0 saturated carbocycles. The summed E-state index contributed by atoms with van der Waals surface area (Å²) < 4.78 is 0. The van der Waals surface area contributed by atoms with Gasteiger partial charge < -0.3 is 10.2 Å². The quantitative estimate of drug-likeness (QED) is 0.599. The number of hydrogen-bond donors (Lipinski definition) is 2. The lowest BCUT2D eigenvalue weighted by molar-refractivity contribution is 0.130. The molecule has 0 aromatic heterocycles. The highest BCUT2D eigenvalue weighted by Gasteiger charge is 2.09. The summed E-state index contributed by atoms with van der Waals surface area (Å²) in [6, 6.07) is 0. The van der Waals surface area contributed by atoms with E-state index in [1.165, 1.54) is 0 Å². The highest BCUT2D eigenvalue weighted by Crippen LogP contribution is 2.16. The zero-order chi connectivity index (χ0) is 9.56. The monoisotopic (exact) mass is 172 g/mol. The largest absolute Gasteiger partial charge is 0.396 e. The van der Waals surface area contributed by atoms with Crippen LogP contribution >= 0.6 is 0 Å². The summed E-state index contributed by atoms with van der Waals surface area (Å²) in [6.45, 7) is 8.03. The fourth-order valence-electron chi connectivity index (χ4n) is 1.05. The Morgan fingerprint density at radius 2 is 2.08 bits per heavy atom. The number of hydrogen-bond acceptors (Lipinski definition) is 2. The molecule has 2 N–H and O–H groups in total. The van der Waals surface area contributed by atoms with Gasteiger partial charge in [0.05, 0.1) is 6.10 Å². The summed E-state index contributed by atoms with van der Waals surface area (Å²) in [5.41, 5.74) is 1.11. The number of rotatable bonds is 6. The average molecular weight is 172 g/mol. The normalized spacial score (nSPS) is 15.7. The maximum Gasteiger partial charge on any atom is 0.0546 e. The molecule has 0 aliphatic rings. The number of aliphatic hydroxyl groups is 2. The number of allylic oxidation sites excluding steroid dienone is 1. The van der Waals surface area contributed by atoms with Crippen molar-refractivity contribution in [3.05, 3.63) is 12.2 Å². The minimum Gasteiger partial charge on any atom is -0.396 e. The number of aliphatic hydroxyl groups excluding tert-OH is 2. The van der Waals surface area contributed by atoms with Crippen LogP contribution in [0.15, 0.2) is 12.2 Å². The van der Waals surface area contributed by atoms with E-state index in [2.05, 4.69) is 13.5 Å². The van der Waals surface area contributed by atoms with Crippen LogP contribution in [-0.2, 0) is 0 Å². The topological polar surface area (TPSA) is 40.5 Å². The van der Waals surface area contributed by atoms with Crippen LogP contribution in [0.2, 0.25) is 0 Å². The molecule has 0 aliphatic carbocycles. The van der Waals surface area contributed by atoms with Gasteiger partial charge >= 0.3 is 0 Å². The summed E-state index contributed by atoms with van der Waals surface area (Å²) >= 11 is 0. The molecule has 72 valence electrons. The third-order valence-electron chi connectivity index (χ3n) is 2.16. The van der Waals surface area contributed by atoms with Crippen LogP contribution in [-0.4, -0.2) is 22.9 Å². The van der Waals surface area contributed by atoms with Crippen molar-refractivity contribution in [3.63, 3.8) is 0 Å². The van der Waals surface area contributed by atoms with Crippen molar-refractivity contribution in [2.24, 2.45) is 5.92 Å². The fourth-order valence-corrected chi connectivity index (χ4v) is 1.05. The van der Waals surface area contributed by atoms with Gasteiger partial charge in [0.1, 0.15) is 0 Å². The predicted molar refractivity (Wildman–Crippen MR) is 50.9 cm³/mol. The van der Waals surface area contributed by atoms with E-state index < -0.39 is 0 Å². The molecule has 0 fully saturated rings. The van der Waals surface area contributed by atoms with E-state index in [0.717, 1.165) is 12.0 Å². The second kappa shape index (κ2) is 6.21. The first kappa shape index (κ1) is 11.7. The third-order valence-corrected chi connectivity index (χ3v) is 2.16. The minimum absolute atomic E-state index is 0.165. The Morgan fingerprint density at radius 3 is 2.50 bits per heavy atom.